The third-order valence-electron chi connectivity index (χ3n) is 7.16. The largest absolute Gasteiger partial charge is 0.462 e. The van der Waals surface area contributed by atoms with Crippen molar-refractivity contribution in [1.29, 1.82) is 0 Å². The van der Waals surface area contributed by atoms with Crippen LogP contribution in [-0.2, 0) is 4.74 Å². The zero-order valence-corrected chi connectivity index (χ0v) is 19.3. The molecule has 0 saturated heterocycles. The highest BCUT2D eigenvalue weighted by Crippen LogP contribution is 2.43. The maximum Gasteiger partial charge on any atom is 0.338 e. The quantitative estimate of drug-likeness (QED) is 0.337. The molecule has 4 aromatic rings. The second-order valence-electron chi connectivity index (χ2n) is 9.16. The number of ether oxygens (including phenoxy) is 1. The Balaban J connectivity index is 1.33. The maximum atomic E-state index is 14.6. The molecular weight excluding hydrogens is 436 g/mol. The summed E-state index contributed by atoms with van der Waals surface area (Å²) < 4.78 is 33.5. The van der Waals surface area contributed by atoms with Gasteiger partial charge in [-0.3, -0.25) is 4.98 Å². The van der Waals surface area contributed by atoms with Gasteiger partial charge in [0.1, 0.15) is 17.2 Å². The van der Waals surface area contributed by atoms with Crippen LogP contribution in [0.1, 0.15) is 73.1 Å². The number of H-pyrrole nitrogens is 1. The van der Waals surface area contributed by atoms with Gasteiger partial charge in [-0.15, -0.1) is 0 Å². The van der Waals surface area contributed by atoms with Crippen molar-refractivity contribution < 1.29 is 18.3 Å². The second kappa shape index (κ2) is 9.12. The predicted molar refractivity (Wildman–Crippen MR) is 127 cm³/mol. The van der Waals surface area contributed by atoms with E-state index in [2.05, 4.69) is 21.9 Å². The van der Waals surface area contributed by atoms with Gasteiger partial charge in [-0.05, 0) is 86.4 Å². The van der Waals surface area contributed by atoms with E-state index in [9.17, 15) is 13.6 Å². The molecular formula is C27H27F2N3O2. The fraction of sp³-hybridized carbons (Fsp3) is 0.370. The molecule has 7 heteroatoms. The summed E-state index contributed by atoms with van der Waals surface area (Å²) in [5.41, 5.74) is 2.91. The van der Waals surface area contributed by atoms with Gasteiger partial charge in [0.2, 0.25) is 0 Å². The molecule has 5 nitrogen and oxygen atoms in total. The van der Waals surface area contributed by atoms with E-state index in [1.165, 1.54) is 12.1 Å². The molecule has 5 rings (SSSR count). The summed E-state index contributed by atoms with van der Waals surface area (Å²) in [5.74, 6) is 0.280. The molecule has 1 N–H and O–H groups in total. The Bertz CT molecular complexity index is 1360. The zero-order valence-electron chi connectivity index (χ0n) is 19.3. The summed E-state index contributed by atoms with van der Waals surface area (Å²) in [6, 6.07) is 9.56. The minimum Gasteiger partial charge on any atom is -0.462 e. The van der Waals surface area contributed by atoms with Crippen LogP contribution in [0.4, 0.5) is 8.78 Å². The number of nitrogens with one attached hydrogen (secondary N) is 1. The number of carbonyl (C=O) groups excluding carboxylic acids is 1. The summed E-state index contributed by atoms with van der Waals surface area (Å²) in [5, 5.41) is 0.893. The predicted octanol–water partition coefficient (Wildman–Crippen LogP) is 6.64. The third kappa shape index (κ3) is 4.15. The van der Waals surface area contributed by atoms with Crippen molar-refractivity contribution >= 4 is 27.9 Å². The van der Waals surface area contributed by atoms with Gasteiger partial charge in [-0.2, -0.15) is 0 Å². The number of imidazole rings is 1. The lowest BCUT2D eigenvalue weighted by Gasteiger charge is -2.32. The van der Waals surface area contributed by atoms with Crippen molar-refractivity contribution in [2.75, 3.05) is 6.61 Å². The molecule has 2 heterocycles. The Hall–Kier alpha value is -3.35. The molecule has 0 amide bonds. The number of aromatic amines is 1. The molecule has 2 aromatic heterocycles. The van der Waals surface area contributed by atoms with Crippen molar-refractivity contribution in [3.05, 3.63) is 71.2 Å². The van der Waals surface area contributed by atoms with Gasteiger partial charge >= 0.3 is 5.97 Å². The molecule has 1 unspecified atom stereocenters. The SMILES string of the molecule is CCOC(=O)c1cc(F)c2nc(C(C)C3CCC(c4ccnc5ccc(F)cc45)CC3)[nH]c2c1. The highest BCUT2D eigenvalue weighted by molar-refractivity contribution is 5.93. The molecule has 1 fully saturated rings. The van der Waals surface area contributed by atoms with Crippen molar-refractivity contribution in [3.63, 3.8) is 0 Å². The Labute approximate surface area is 196 Å². The van der Waals surface area contributed by atoms with Gasteiger partial charge in [0.25, 0.3) is 0 Å². The number of hydrogen-bond donors (Lipinski definition) is 1. The van der Waals surface area contributed by atoms with Crippen molar-refractivity contribution in [2.24, 2.45) is 5.92 Å². The molecule has 0 spiro atoms. The fourth-order valence-electron chi connectivity index (χ4n) is 5.29. The van der Waals surface area contributed by atoms with E-state index < -0.39 is 11.8 Å². The molecule has 0 bridgehead atoms. The lowest BCUT2D eigenvalue weighted by Crippen LogP contribution is -2.19. The minimum absolute atomic E-state index is 0.116. The van der Waals surface area contributed by atoms with Crippen molar-refractivity contribution in [3.8, 4) is 0 Å². The van der Waals surface area contributed by atoms with Gasteiger partial charge in [-0.1, -0.05) is 6.92 Å². The standard InChI is InChI=1S/C27H27F2N3O2/c1-3-34-27(33)18-12-22(29)25-24(13-18)31-26(32-25)15(2)16-4-6-17(7-5-16)20-10-11-30-23-9-8-19(28)14-21(20)23/h8-17H,3-7H2,1-2H3,(H,31,32). The van der Waals surface area contributed by atoms with Crippen molar-refractivity contribution in [1.82, 2.24) is 15.0 Å². The number of esters is 1. The number of fused-ring (bicyclic) bond motifs is 2. The molecule has 0 radical (unpaired) electrons. The lowest BCUT2D eigenvalue weighted by molar-refractivity contribution is 0.0526. The van der Waals surface area contributed by atoms with Crippen molar-refractivity contribution in [2.45, 2.75) is 51.4 Å². The van der Waals surface area contributed by atoms with Crippen LogP contribution in [0.5, 0.6) is 0 Å². The van der Waals surface area contributed by atoms with Crippen LogP contribution in [0.2, 0.25) is 0 Å². The first-order valence-electron chi connectivity index (χ1n) is 11.8. The first-order chi connectivity index (χ1) is 16.4. The Morgan fingerprint density at radius 1 is 1.15 bits per heavy atom. The highest BCUT2D eigenvalue weighted by Gasteiger charge is 2.29. The Morgan fingerprint density at radius 2 is 1.94 bits per heavy atom. The summed E-state index contributed by atoms with van der Waals surface area (Å²) >= 11 is 0. The Kier molecular flexibility index (Phi) is 6.02. The summed E-state index contributed by atoms with van der Waals surface area (Å²) in [6.45, 7) is 4.06. The number of rotatable bonds is 5. The van der Waals surface area contributed by atoms with E-state index in [0.29, 0.717) is 17.4 Å². The van der Waals surface area contributed by atoms with E-state index in [-0.39, 0.29) is 29.4 Å². The van der Waals surface area contributed by atoms with E-state index in [4.69, 9.17) is 4.74 Å². The average molecular weight is 464 g/mol. The normalized spacial score (nSPS) is 19.4. The van der Waals surface area contributed by atoms with E-state index >= 15 is 0 Å². The maximum absolute atomic E-state index is 14.6. The number of nitrogens with zero attached hydrogens (tertiary/aromatic N) is 2. The van der Waals surface area contributed by atoms with E-state index in [1.807, 2.05) is 6.07 Å². The first kappa shape index (κ1) is 22.4. The smallest absolute Gasteiger partial charge is 0.338 e. The number of benzene rings is 2. The zero-order chi connectivity index (χ0) is 23.8. The number of halogens is 2. The first-order valence-corrected chi connectivity index (χ1v) is 11.8. The van der Waals surface area contributed by atoms with Gasteiger partial charge in [0, 0.05) is 17.5 Å². The van der Waals surface area contributed by atoms with Crippen LogP contribution in [0.3, 0.4) is 0 Å². The Morgan fingerprint density at radius 3 is 2.71 bits per heavy atom. The second-order valence-corrected chi connectivity index (χ2v) is 9.16. The minimum atomic E-state index is -0.547. The van der Waals surface area contributed by atoms with E-state index in [0.717, 1.165) is 48.0 Å². The number of hydrogen-bond acceptors (Lipinski definition) is 4. The average Bonchev–Trinajstić information content (AvgIpc) is 3.28. The van der Waals surface area contributed by atoms with Gasteiger partial charge in [0.05, 0.1) is 23.2 Å². The molecule has 34 heavy (non-hydrogen) atoms. The van der Waals surface area contributed by atoms with Crippen LogP contribution < -0.4 is 0 Å². The molecule has 2 aromatic carbocycles. The number of aromatic nitrogens is 3. The van der Waals surface area contributed by atoms with Gasteiger partial charge < -0.3 is 9.72 Å². The lowest BCUT2D eigenvalue weighted by atomic mass is 9.73. The van der Waals surface area contributed by atoms with E-state index in [1.54, 1.807) is 31.3 Å². The third-order valence-corrected chi connectivity index (χ3v) is 7.16. The van der Waals surface area contributed by atoms with Gasteiger partial charge in [-0.25, -0.2) is 18.6 Å². The monoisotopic (exact) mass is 463 g/mol. The molecule has 1 aliphatic rings. The van der Waals surface area contributed by atoms with Gasteiger partial charge in [0.15, 0.2) is 5.82 Å². The molecule has 1 atom stereocenters. The van der Waals surface area contributed by atoms with Crippen LogP contribution in [-0.4, -0.2) is 27.5 Å². The molecule has 1 aliphatic carbocycles. The number of carbonyl (C=O) groups is 1. The highest BCUT2D eigenvalue weighted by atomic mass is 19.1. The summed E-state index contributed by atoms with van der Waals surface area (Å²) in [7, 11) is 0. The number of pyridine rings is 1. The molecule has 0 aliphatic heterocycles. The molecule has 176 valence electrons. The summed E-state index contributed by atoms with van der Waals surface area (Å²) in [4.78, 5) is 24.2. The van der Waals surface area contributed by atoms with Crippen LogP contribution in [0.25, 0.3) is 21.9 Å². The summed E-state index contributed by atoms with van der Waals surface area (Å²) in [6.07, 6.45) is 5.79. The fourth-order valence-corrected chi connectivity index (χ4v) is 5.29. The van der Waals surface area contributed by atoms with Crippen LogP contribution in [0.15, 0.2) is 42.6 Å². The van der Waals surface area contributed by atoms with Crippen LogP contribution in [0, 0.1) is 17.6 Å². The molecule has 1 saturated carbocycles. The topological polar surface area (TPSA) is 67.9 Å². The van der Waals surface area contributed by atoms with Crippen LogP contribution >= 0.6 is 0 Å².